The van der Waals surface area contributed by atoms with E-state index in [0.717, 1.165) is 43.4 Å². The van der Waals surface area contributed by atoms with Crippen LogP contribution in [0.15, 0.2) is 18.2 Å². The highest BCUT2D eigenvalue weighted by molar-refractivity contribution is 6.16. The summed E-state index contributed by atoms with van der Waals surface area (Å²) in [5, 5.41) is 0. The molecule has 0 bridgehead atoms. The van der Waals surface area contributed by atoms with E-state index in [1.807, 2.05) is 6.92 Å². The molecule has 0 saturated heterocycles. The molecule has 2 aromatic rings. The number of benzene rings is 2. The summed E-state index contributed by atoms with van der Waals surface area (Å²) in [4.78, 5) is 0. The zero-order chi connectivity index (χ0) is 23.9. The van der Waals surface area contributed by atoms with Gasteiger partial charge in [0.1, 0.15) is 12.4 Å². The van der Waals surface area contributed by atoms with Gasteiger partial charge in [0.15, 0.2) is 5.54 Å². The highest BCUT2D eigenvalue weighted by Gasteiger charge is 2.61. The molecule has 1 nitrogen and oxygen atoms in total. The number of rotatable bonds is 5. The van der Waals surface area contributed by atoms with Crippen LogP contribution in [-0.2, 0) is 23.7 Å². The molecule has 1 aliphatic carbocycles. The number of nitrogens with zero attached hydrogens (tertiary/aromatic N) is 1. The van der Waals surface area contributed by atoms with Crippen LogP contribution in [-0.4, -0.2) is 22.4 Å². The van der Waals surface area contributed by atoms with Crippen LogP contribution >= 0.6 is 0 Å². The Kier molecular flexibility index (Phi) is 5.02. The third kappa shape index (κ3) is 2.67. The van der Waals surface area contributed by atoms with Gasteiger partial charge in [0.2, 0.25) is 5.71 Å². The summed E-state index contributed by atoms with van der Waals surface area (Å²) in [5.74, 6) is 0.00138. The first-order chi connectivity index (χ1) is 15.6. The lowest BCUT2D eigenvalue weighted by molar-refractivity contribution is -0.620. The van der Waals surface area contributed by atoms with Crippen molar-refractivity contribution in [1.82, 2.24) is 0 Å². The lowest BCUT2D eigenvalue weighted by Crippen LogP contribution is -2.62. The van der Waals surface area contributed by atoms with Gasteiger partial charge in [-0.25, -0.2) is 8.97 Å². The molecule has 0 N–H and O–H groups in total. The number of halogens is 1. The Labute approximate surface area is 200 Å². The highest BCUT2D eigenvalue weighted by Crippen LogP contribution is 2.55. The monoisotopic (exact) mass is 446 g/mol. The van der Waals surface area contributed by atoms with E-state index in [1.54, 1.807) is 0 Å². The second-order valence-corrected chi connectivity index (χ2v) is 11.8. The molecule has 2 heteroatoms. The molecule has 2 unspecified atom stereocenters. The van der Waals surface area contributed by atoms with Crippen molar-refractivity contribution < 1.29 is 8.97 Å². The van der Waals surface area contributed by atoms with E-state index in [4.69, 9.17) is 0 Å². The minimum Gasteiger partial charge on any atom is -0.223 e. The van der Waals surface area contributed by atoms with Crippen LogP contribution in [0.4, 0.5) is 4.39 Å². The number of unbranched alkanes of at least 4 members (excludes halogenated alkanes) is 1. The first-order valence-electron chi connectivity index (χ1n) is 13.2. The SMILES string of the molecule is CCCCc1cc2c3c(c1)C(C)(C)c1c(F)c(C)cc4c1C3=[N+](CC2)C(C)(CC)C4(C)CC. The van der Waals surface area contributed by atoms with Gasteiger partial charge in [0, 0.05) is 30.7 Å². The molecule has 0 radical (unpaired) electrons. The fourth-order valence-electron chi connectivity index (χ4n) is 7.43. The van der Waals surface area contributed by atoms with Crippen LogP contribution in [0.3, 0.4) is 0 Å². The zero-order valence-electron chi connectivity index (χ0n) is 22.0. The van der Waals surface area contributed by atoms with Crippen molar-refractivity contribution in [2.24, 2.45) is 0 Å². The Morgan fingerprint density at radius 2 is 1.67 bits per heavy atom. The van der Waals surface area contributed by atoms with Gasteiger partial charge < -0.3 is 0 Å². The van der Waals surface area contributed by atoms with E-state index in [1.165, 1.54) is 51.9 Å². The van der Waals surface area contributed by atoms with Gasteiger partial charge in [0.05, 0.1) is 16.5 Å². The van der Waals surface area contributed by atoms with Crippen molar-refractivity contribution in [2.75, 3.05) is 6.54 Å². The van der Waals surface area contributed by atoms with Crippen molar-refractivity contribution in [3.63, 3.8) is 0 Å². The van der Waals surface area contributed by atoms with Crippen molar-refractivity contribution in [3.8, 4) is 0 Å². The summed E-state index contributed by atoms with van der Waals surface area (Å²) in [6.07, 6.45) is 6.73. The summed E-state index contributed by atoms with van der Waals surface area (Å²) in [6.45, 7) is 19.3. The number of hydrogen-bond acceptors (Lipinski definition) is 0. The second kappa shape index (κ2) is 7.27. The normalized spacial score (nSPS) is 26.5. The van der Waals surface area contributed by atoms with Crippen LogP contribution < -0.4 is 0 Å². The predicted molar refractivity (Wildman–Crippen MR) is 137 cm³/mol. The molecule has 176 valence electrons. The zero-order valence-corrected chi connectivity index (χ0v) is 22.0. The summed E-state index contributed by atoms with van der Waals surface area (Å²) in [5.41, 5.74) is 10.9. The highest BCUT2D eigenvalue weighted by atomic mass is 19.1. The smallest absolute Gasteiger partial charge is 0.216 e. The van der Waals surface area contributed by atoms with E-state index in [0.29, 0.717) is 0 Å². The molecular weight excluding hydrogens is 405 g/mol. The summed E-state index contributed by atoms with van der Waals surface area (Å²) in [7, 11) is 0. The Hall–Kier alpha value is -1.96. The minimum atomic E-state index is -0.354. The van der Waals surface area contributed by atoms with E-state index in [-0.39, 0.29) is 22.2 Å². The number of aryl methyl sites for hydroxylation is 2. The van der Waals surface area contributed by atoms with Crippen LogP contribution in [0.25, 0.3) is 0 Å². The third-order valence-electron chi connectivity index (χ3n) is 9.97. The van der Waals surface area contributed by atoms with Crippen molar-refractivity contribution in [2.45, 2.75) is 110 Å². The molecule has 33 heavy (non-hydrogen) atoms. The fraction of sp³-hybridized carbons (Fsp3) is 0.581. The first-order valence-corrected chi connectivity index (χ1v) is 13.2. The third-order valence-corrected chi connectivity index (χ3v) is 9.97. The molecule has 0 aromatic heterocycles. The van der Waals surface area contributed by atoms with Crippen LogP contribution in [0.2, 0.25) is 0 Å². The lowest BCUT2D eigenvalue weighted by atomic mass is 9.55. The molecule has 0 amide bonds. The number of hydrogen-bond donors (Lipinski definition) is 0. The molecule has 0 saturated carbocycles. The maximum atomic E-state index is 16.1. The molecule has 2 aromatic carbocycles. The Morgan fingerprint density at radius 3 is 2.30 bits per heavy atom. The van der Waals surface area contributed by atoms with E-state index >= 15 is 4.39 Å². The lowest BCUT2D eigenvalue weighted by Gasteiger charge is -2.52. The fourth-order valence-corrected chi connectivity index (χ4v) is 7.43. The van der Waals surface area contributed by atoms with E-state index in [9.17, 15) is 0 Å². The van der Waals surface area contributed by atoms with Crippen LogP contribution in [0, 0.1) is 12.7 Å². The molecule has 2 atom stereocenters. The average molecular weight is 447 g/mol. The van der Waals surface area contributed by atoms with Crippen LogP contribution in [0.5, 0.6) is 0 Å². The van der Waals surface area contributed by atoms with Gasteiger partial charge in [-0.3, -0.25) is 0 Å². The quantitative estimate of drug-likeness (QED) is 0.422. The van der Waals surface area contributed by atoms with E-state index < -0.39 is 0 Å². The van der Waals surface area contributed by atoms with Gasteiger partial charge in [-0.15, -0.1) is 0 Å². The predicted octanol–water partition coefficient (Wildman–Crippen LogP) is 7.37. The topological polar surface area (TPSA) is 3.01 Å². The molecule has 0 fully saturated rings. The van der Waals surface area contributed by atoms with Crippen LogP contribution in [0.1, 0.15) is 119 Å². The van der Waals surface area contributed by atoms with Gasteiger partial charge in [-0.05, 0) is 60.9 Å². The van der Waals surface area contributed by atoms with Crippen molar-refractivity contribution in [3.05, 3.63) is 68.5 Å². The summed E-state index contributed by atoms with van der Waals surface area (Å²) < 4.78 is 18.8. The average Bonchev–Trinajstić information content (AvgIpc) is 2.80. The molecule has 3 aliphatic rings. The maximum absolute atomic E-state index is 16.1. The minimum absolute atomic E-state index is 0.00138. The largest absolute Gasteiger partial charge is 0.223 e. The Morgan fingerprint density at radius 1 is 0.939 bits per heavy atom. The van der Waals surface area contributed by atoms with Gasteiger partial charge in [0.25, 0.3) is 0 Å². The Balaban J connectivity index is 1.96. The Bertz CT molecular complexity index is 1200. The second-order valence-electron chi connectivity index (χ2n) is 11.8. The summed E-state index contributed by atoms with van der Waals surface area (Å²) >= 11 is 0. The van der Waals surface area contributed by atoms with Crippen molar-refractivity contribution in [1.29, 1.82) is 0 Å². The molecule has 2 heterocycles. The summed E-state index contributed by atoms with van der Waals surface area (Å²) in [6, 6.07) is 7.09. The molecule has 2 aliphatic heterocycles. The maximum Gasteiger partial charge on any atom is 0.216 e. The molecule has 0 spiro atoms. The first kappa shape index (κ1) is 22.8. The molecular formula is C31H41FN+. The van der Waals surface area contributed by atoms with Gasteiger partial charge in [-0.1, -0.05) is 59.2 Å². The van der Waals surface area contributed by atoms with Gasteiger partial charge in [-0.2, -0.15) is 0 Å². The van der Waals surface area contributed by atoms with E-state index in [2.05, 4.69) is 71.2 Å². The van der Waals surface area contributed by atoms with Gasteiger partial charge >= 0.3 is 0 Å². The molecule has 5 rings (SSSR count). The standard InChI is InChI=1S/C31H41FN/c1-9-12-13-20-17-21-14-15-33-28-24(21)22(18-20)29(5,6)26-25(28)23(16-19(4)27(26)32)30(7,10-2)31(33,8)11-3/h16-18H,9-15H2,1-8H3/q+1. The van der Waals surface area contributed by atoms with Crippen molar-refractivity contribution >= 4 is 5.71 Å².